The Morgan fingerprint density at radius 2 is 1.72 bits per heavy atom. The van der Waals surface area contributed by atoms with Gasteiger partial charge in [-0.3, -0.25) is 4.79 Å². The van der Waals surface area contributed by atoms with Crippen LogP contribution in [0.25, 0.3) is 0 Å². The molecule has 3 heteroatoms. The van der Waals surface area contributed by atoms with Crippen molar-refractivity contribution in [3.63, 3.8) is 0 Å². The molecule has 0 aromatic carbocycles. The molecular formula is C29H48IO2+. The molecule has 2 nitrogen and oxygen atoms in total. The summed E-state index contributed by atoms with van der Waals surface area (Å²) in [4.78, 5) is 11.6. The Bertz CT molecular complexity index is 676. The van der Waals surface area contributed by atoms with Crippen LogP contribution in [0.4, 0.5) is 0 Å². The molecule has 4 fully saturated rings. The first-order valence-electron chi connectivity index (χ1n) is 13.7. The van der Waals surface area contributed by atoms with Gasteiger partial charge in [0.05, 0.1) is 0 Å². The van der Waals surface area contributed by atoms with Gasteiger partial charge >= 0.3 is 5.97 Å². The standard InChI is InChI=1S/C29H48IO2/c1-18(2)8-7-9-19(3)23-10-11-24-22-17-27(30)26-16-21(32-20(4)31)12-14-29(26,6)25(22)13-15-28(23,24)5/h18-19,21-26H,7-17H2,1-6H3/q+1/t19-,21+,22?,23-,24?,25?,26-,28-,29-/m1/s1. The maximum Gasteiger partial charge on any atom is 0.302 e. The molecule has 0 aromatic heterocycles. The Morgan fingerprint density at radius 3 is 2.41 bits per heavy atom. The quantitative estimate of drug-likeness (QED) is 0.186. The van der Waals surface area contributed by atoms with Gasteiger partial charge in [-0.25, -0.2) is 0 Å². The van der Waals surface area contributed by atoms with Crippen molar-refractivity contribution in [3.05, 3.63) is 3.92 Å². The summed E-state index contributed by atoms with van der Waals surface area (Å²) in [5.41, 5.74) is 0.978. The SMILES string of the molecule is CC(=O)O[C@H]1CC[C@]2(C)C3CC[C@@]4(C)C(CC[C@@H]4[C@H](C)CCCC(C)C)C3C[C+](I)[C@H]2C1. The number of rotatable bonds is 6. The van der Waals surface area contributed by atoms with Crippen molar-refractivity contribution in [1.29, 1.82) is 0 Å². The molecule has 4 aliphatic rings. The monoisotopic (exact) mass is 555 g/mol. The number of carbonyl (C=O) groups is 1. The second-order valence-electron chi connectivity index (χ2n) is 13.1. The van der Waals surface area contributed by atoms with Crippen LogP contribution in [0.2, 0.25) is 0 Å². The highest BCUT2D eigenvalue weighted by atomic mass is 127. The fraction of sp³-hybridized carbons (Fsp3) is 0.931. The van der Waals surface area contributed by atoms with Crippen LogP contribution in [0.3, 0.4) is 0 Å². The zero-order valence-electron chi connectivity index (χ0n) is 21.6. The minimum Gasteiger partial charge on any atom is -0.462 e. The first-order chi connectivity index (χ1) is 15.1. The average molecular weight is 556 g/mol. The topological polar surface area (TPSA) is 26.3 Å². The molecule has 0 N–H and O–H groups in total. The molecule has 0 saturated heterocycles. The number of ether oxygens (including phenoxy) is 1. The summed E-state index contributed by atoms with van der Waals surface area (Å²) in [5.74, 6) is 5.88. The molecule has 4 aliphatic carbocycles. The predicted octanol–water partition coefficient (Wildman–Crippen LogP) is 8.62. The fourth-order valence-electron chi connectivity index (χ4n) is 9.35. The van der Waals surface area contributed by atoms with Gasteiger partial charge < -0.3 is 4.74 Å². The molecule has 0 amide bonds. The van der Waals surface area contributed by atoms with E-state index in [2.05, 4.69) is 57.2 Å². The second kappa shape index (κ2) is 9.61. The van der Waals surface area contributed by atoms with Gasteiger partial charge in [-0.15, -0.1) is 0 Å². The molecule has 0 radical (unpaired) electrons. The Morgan fingerprint density at radius 1 is 1.03 bits per heavy atom. The minimum absolute atomic E-state index is 0.102. The maximum atomic E-state index is 11.6. The van der Waals surface area contributed by atoms with E-state index in [-0.39, 0.29) is 12.1 Å². The fourth-order valence-corrected chi connectivity index (χ4v) is 10.8. The summed E-state index contributed by atoms with van der Waals surface area (Å²) >= 11 is 2.71. The number of hydrogen-bond donors (Lipinski definition) is 0. The third-order valence-electron chi connectivity index (χ3n) is 10.9. The van der Waals surface area contributed by atoms with Gasteiger partial charge in [-0.2, -0.15) is 0 Å². The number of carbonyl (C=O) groups excluding carboxylic acids is 1. The van der Waals surface area contributed by atoms with Crippen molar-refractivity contribution in [2.45, 2.75) is 118 Å². The van der Waals surface area contributed by atoms with E-state index in [1.165, 1.54) is 57.8 Å². The molecule has 0 aliphatic heterocycles. The van der Waals surface area contributed by atoms with Crippen LogP contribution in [-0.2, 0) is 9.53 Å². The van der Waals surface area contributed by atoms with E-state index < -0.39 is 0 Å². The van der Waals surface area contributed by atoms with Gasteiger partial charge in [0.1, 0.15) is 18.4 Å². The number of hydrogen-bond acceptors (Lipinski definition) is 2. The third-order valence-corrected chi connectivity index (χ3v) is 12.1. The van der Waals surface area contributed by atoms with E-state index in [1.807, 2.05) is 0 Å². The van der Waals surface area contributed by atoms with E-state index in [1.54, 1.807) is 10.8 Å². The summed E-state index contributed by atoms with van der Waals surface area (Å²) in [6.07, 6.45) is 14.9. The molecule has 0 spiro atoms. The molecule has 0 heterocycles. The summed E-state index contributed by atoms with van der Waals surface area (Å²) in [6.45, 7) is 14.2. The number of fused-ring (bicyclic) bond motifs is 5. The highest BCUT2D eigenvalue weighted by molar-refractivity contribution is 14.1. The smallest absolute Gasteiger partial charge is 0.302 e. The normalized spacial score (nSPS) is 44.6. The van der Waals surface area contributed by atoms with Gasteiger partial charge in [0, 0.05) is 24.7 Å². The number of esters is 1. The zero-order valence-corrected chi connectivity index (χ0v) is 23.7. The Hall–Kier alpha value is 0.0700. The van der Waals surface area contributed by atoms with Crippen molar-refractivity contribution in [2.24, 2.45) is 52.3 Å². The summed E-state index contributed by atoms with van der Waals surface area (Å²) < 4.78 is 7.38. The van der Waals surface area contributed by atoms with Crippen LogP contribution in [0.5, 0.6) is 0 Å². The van der Waals surface area contributed by atoms with Crippen molar-refractivity contribution in [3.8, 4) is 0 Å². The molecule has 3 unspecified atom stereocenters. The van der Waals surface area contributed by atoms with Crippen LogP contribution >= 0.6 is 22.6 Å². The molecule has 0 bridgehead atoms. The van der Waals surface area contributed by atoms with Gasteiger partial charge in [-0.05, 0) is 73.5 Å². The molecule has 0 aromatic rings. The van der Waals surface area contributed by atoms with Gasteiger partial charge in [0.25, 0.3) is 0 Å². The van der Waals surface area contributed by atoms with Crippen LogP contribution < -0.4 is 0 Å². The summed E-state index contributed by atoms with van der Waals surface area (Å²) in [6, 6.07) is 0. The van der Waals surface area contributed by atoms with E-state index >= 15 is 0 Å². The summed E-state index contributed by atoms with van der Waals surface area (Å²) in [7, 11) is 0. The van der Waals surface area contributed by atoms with Crippen molar-refractivity contribution in [2.75, 3.05) is 0 Å². The average Bonchev–Trinajstić information content (AvgIpc) is 3.06. The molecule has 4 saturated carbocycles. The van der Waals surface area contributed by atoms with Crippen molar-refractivity contribution in [1.82, 2.24) is 0 Å². The van der Waals surface area contributed by atoms with Gasteiger partial charge in [0.2, 0.25) is 22.6 Å². The van der Waals surface area contributed by atoms with Crippen molar-refractivity contribution >= 4 is 28.6 Å². The lowest BCUT2D eigenvalue weighted by molar-refractivity contribution is -0.156. The van der Waals surface area contributed by atoms with Gasteiger partial charge in [-0.1, -0.05) is 53.9 Å². The molecule has 32 heavy (non-hydrogen) atoms. The Balaban J connectivity index is 1.47. The predicted molar refractivity (Wildman–Crippen MR) is 141 cm³/mol. The third kappa shape index (κ3) is 4.51. The Kier molecular flexibility index (Phi) is 7.56. The molecule has 4 rings (SSSR count). The summed E-state index contributed by atoms with van der Waals surface area (Å²) in [5, 5.41) is 0. The van der Waals surface area contributed by atoms with Crippen LogP contribution in [-0.4, -0.2) is 12.1 Å². The van der Waals surface area contributed by atoms with Crippen molar-refractivity contribution < 1.29 is 9.53 Å². The Labute approximate surface area is 211 Å². The number of halogens is 1. The largest absolute Gasteiger partial charge is 0.462 e. The van der Waals surface area contributed by atoms with E-state index in [0.717, 1.165) is 48.3 Å². The first-order valence-corrected chi connectivity index (χ1v) is 14.8. The van der Waals surface area contributed by atoms with Crippen LogP contribution in [0.1, 0.15) is 112 Å². The zero-order chi connectivity index (χ0) is 23.3. The van der Waals surface area contributed by atoms with Crippen LogP contribution in [0, 0.1) is 56.2 Å². The lowest BCUT2D eigenvalue weighted by Crippen LogP contribution is -2.55. The van der Waals surface area contributed by atoms with Crippen LogP contribution in [0.15, 0.2) is 0 Å². The maximum absolute atomic E-state index is 11.6. The van der Waals surface area contributed by atoms with E-state index in [4.69, 9.17) is 4.74 Å². The molecule has 182 valence electrons. The van der Waals surface area contributed by atoms with Gasteiger partial charge in [0.15, 0.2) is 3.92 Å². The minimum atomic E-state index is -0.102. The first kappa shape index (κ1) is 25.2. The molecular weight excluding hydrogens is 507 g/mol. The highest BCUT2D eigenvalue weighted by Crippen LogP contribution is 2.70. The van der Waals surface area contributed by atoms with E-state index in [9.17, 15) is 4.79 Å². The lowest BCUT2D eigenvalue weighted by Gasteiger charge is -2.58. The van der Waals surface area contributed by atoms with E-state index in [0.29, 0.717) is 16.7 Å². The molecule has 9 atom stereocenters. The lowest BCUT2D eigenvalue weighted by atomic mass is 9.44. The second-order valence-corrected chi connectivity index (χ2v) is 14.5. The highest BCUT2D eigenvalue weighted by Gasteiger charge is 2.66.